The molecule has 1 unspecified atom stereocenters. The van der Waals surface area contributed by atoms with Gasteiger partial charge in [-0.2, -0.15) is 0 Å². The smallest absolute Gasteiger partial charge is 0.242 e. The highest BCUT2D eigenvalue weighted by molar-refractivity contribution is 7.92. The summed E-state index contributed by atoms with van der Waals surface area (Å²) in [4.78, 5) is 27.9. The molecule has 1 saturated carbocycles. The number of anilines is 1. The molecule has 2 aromatic rings. The lowest BCUT2D eigenvalue weighted by Gasteiger charge is -2.30. The number of carbonyl (C=O) groups excluding carboxylic acids is 2. The van der Waals surface area contributed by atoms with Gasteiger partial charge in [-0.25, -0.2) is 8.42 Å². The number of rotatable bonds is 11. The predicted molar refractivity (Wildman–Crippen MR) is 144 cm³/mol. The monoisotopic (exact) mass is 533 g/mol. The summed E-state index contributed by atoms with van der Waals surface area (Å²) in [6.07, 6.45) is 5.71. The Balaban J connectivity index is 1.71. The van der Waals surface area contributed by atoms with Crippen molar-refractivity contribution in [2.24, 2.45) is 0 Å². The van der Waals surface area contributed by atoms with Crippen molar-refractivity contribution < 1.29 is 18.0 Å². The fourth-order valence-corrected chi connectivity index (χ4v) is 5.70. The van der Waals surface area contributed by atoms with Crippen molar-refractivity contribution in [3.63, 3.8) is 0 Å². The molecule has 1 aliphatic carbocycles. The van der Waals surface area contributed by atoms with E-state index >= 15 is 0 Å². The fraction of sp³-hybridized carbons (Fsp3) is 0.481. The minimum Gasteiger partial charge on any atom is -0.352 e. The Bertz CT molecular complexity index is 1150. The van der Waals surface area contributed by atoms with Crippen LogP contribution in [-0.2, 0) is 26.2 Å². The number of nitrogens with one attached hydrogen (secondary N) is 1. The van der Waals surface area contributed by atoms with Crippen molar-refractivity contribution >= 4 is 39.1 Å². The summed E-state index contributed by atoms with van der Waals surface area (Å²) in [5, 5.41) is 3.64. The lowest BCUT2D eigenvalue weighted by Crippen LogP contribution is -2.49. The van der Waals surface area contributed by atoms with E-state index in [9.17, 15) is 18.0 Å². The van der Waals surface area contributed by atoms with Crippen LogP contribution in [0, 0.1) is 6.92 Å². The summed E-state index contributed by atoms with van der Waals surface area (Å²) < 4.78 is 26.2. The Labute approximate surface area is 219 Å². The number of benzene rings is 2. The first kappa shape index (κ1) is 28.0. The van der Waals surface area contributed by atoms with Gasteiger partial charge in [-0.1, -0.05) is 54.3 Å². The number of hydrogen-bond acceptors (Lipinski definition) is 4. The number of aryl methyl sites for hydroxylation is 1. The second-order valence-corrected chi connectivity index (χ2v) is 11.9. The van der Waals surface area contributed by atoms with Gasteiger partial charge in [0.1, 0.15) is 6.04 Å². The van der Waals surface area contributed by atoms with Gasteiger partial charge in [0.25, 0.3) is 0 Å². The second kappa shape index (κ2) is 12.6. The normalized spacial score (nSPS) is 14.9. The van der Waals surface area contributed by atoms with E-state index in [1.807, 2.05) is 31.2 Å². The van der Waals surface area contributed by atoms with E-state index < -0.39 is 16.1 Å². The molecule has 0 heterocycles. The van der Waals surface area contributed by atoms with Crippen molar-refractivity contribution in [1.29, 1.82) is 0 Å². The van der Waals surface area contributed by atoms with Crippen LogP contribution in [0.25, 0.3) is 0 Å². The zero-order valence-corrected chi connectivity index (χ0v) is 22.8. The van der Waals surface area contributed by atoms with Crippen LogP contribution >= 0.6 is 11.6 Å². The van der Waals surface area contributed by atoms with E-state index in [0.717, 1.165) is 43.1 Å². The van der Waals surface area contributed by atoms with Crippen LogP contribution in [0.5, 0.6) is 0 Å². The van der Waals surface area contributed by atoms with Gasteiger partial charge < -0.3 is 10.2 Å². The summed E-state index contributed by atoms with van der Waals surface area (Å²) in [5.74, 6) is -0.379. The zero-order chi connectivity index (χ0) is 26.3. The first-order valence-electron chi connectivity index (χ1n) is 12.4. The Hall–Kier alpha value is -2.58. The van der Waals surface area contributed by atoms with E-state index in [1.165, 1.54) is 4.31 Å². The van der Waals surface area contributed by atoms with Crippen molar-refractivity contribution in [2.45, 2.75) is 71.0 Å². The molecule has 9 heteroatoms. The maximum Gasteiger partial charge on any atom is 0.242 e. The van der Waals surface area contributed by atoms with Gasteiger partial charge in [0.05, 0.1) is 11.9 Å². The third-order valence-electron chi connectivity index (χ3n) is 6.58. The van der Waals surface area contributed by atoms with Crippen LogP contribution in [0.4, 0.5) is 5.69 Å². The molecule has 0 bridgehead atoms. The summed E-state index contributed by atoms with van der Waals surface area (Å²) in [6, 6.07) is 14.0. The van der Waals surface area contributed by atoms with Crippen LogP contribution in [-0.4, -0.2) is 50.0 Å². The van der Waals surface area contributed by atoms with Crippen molar-refractivity contribution in [3.05, 3.63) is 64.7 Å². The van der Waals surface area contributed by atoms with Gasteiger partial charge in [-0.15, -0.1) is 0 Å². The Morgan fingerprint density at radius 3 is 2.39 bits per heavy atom. The summed E-state index contributed by atoms with van der Waals surface area (Å²) in [6.45, 7) is 4.08. The van der Waals surface area contributed by atoms with Gasteiger partial charge >= 0.3 is 0 Å². The largest absolute Gasteiger partial charge is 0.352 e. The molecular formula is C27H36ClN3O4S. The molecule has 196 valence electrons. The van der Waals surface area contributed by atoms with E-state index in [-0.39, 0.29) is 37.4 Å². The molecule has 3 rings (SSSR count). The quantitative estimate of drug-likeness (QED) is 0.454. The molecule has 36 heavy (non-hydrogen) atoms. The van der Waals surface area contributed by atoms with Crippen LogP contribution < -0.4 is 9.62 Å². The number of sulfonamides is 1. The predicted octanol–water partition coefficient (Wildman–Crippen LogP) is 4.67. The van der Waals surface area contributed by atoms with Crippen LogP contribution in [0.2, 0.25) is 5.02 Å². The second-order valence-electron chi connectivity index (χ2n) is 9.59. The van der Waals surface area contributed by atoms with Gasteiger partial charge in [-0.3, -0.25) is 13.9 Å². The minimum atomic E-state index is -3.52. The molecule has 0 saturated heterocycles. The maximum atomic E-state index is 13.4. The molecule has 0 aliphatic heterocycles. The molecule has 0 radical (unpaired) electrons. The summed E-state index contributed by atoms with van der Waals surface area (Å²) in [7, 11) is -3.52. The van der Waals surface area contributed by atoms with E-state index in [1.54, 1.807) is 36.1 Å². The van der Waals surface area contributed by atoms with Crippen molar-refractivity contribution in [2.75, 3.05) is 17.1 Å². The number of halogens is 1. The van der Waals surface area contributed by atoms with Crippen LogP contribution in [0.15, 0.2) is 48.5 Å². The van der Waals surface area contributed by atoms with Gasteiger partial charge in [0, 0.05) is 30.6 Å². The molecule has 1 fully saturated rings. The highest BCUT2D eigenvalue weighted by Crippen LogP contribution is 2.21. The summed E-state index contributed by atoms with van der Waals surface area (Å²) >= 11 is 6.15. The average molecular weight is 534 g/mol. The molecule has 1 atom stereocenters. The van der Waals surface area contributed by atoms with E-state index in [0.29, 0.717) is 17.1 Å². The fourth-order valence-electron chi connectivity index (χ4n) is 4.52. The first-order chi connectivity index (χ1) is 17.0. The topological polar surface area (TPSA) is 86.8 Å². The Morgan fingerprint density at radius 2 is 1.78 bits per heavy atom. The SMILES string of the molecule is Cc1ccc(N(CCCC(=O)N(Cc2cccc(Cl)c2)C(C)C(=O)NC2CCCC2)S(C)(=O)=O)cc1. The van der Waals surface area contributed by atoms with Gasteiger partial charge in [-0.05, 0) is 62.9 Å². The third-order valence-corrected chi connectivity index (χ3v) is 8.01. The highest BCUT2D eigenvalue weighted by Gasteiger charge is 2.28. The molecule has 2 aromatic carbocycles. The summed E-state index contributed by atoms with van der Waals surface area (Å²) in [5.41, 5.74) is 2.42. The van der Waals surface area contributed by atoms with Crippen LogP contribution in [0.3, 0.4) is 0 Å². The number of carbonyl (C=O) groups is 2. The average Bonchev–Trinajstić information content (AvgIpc) is 3.33. The molecule has 1 N–H and O–H groups in total. The molecule has 1 aliphatic rings. The third kappa shape index (κ3) is 7.96. The van der Waals surface area contributed by atoms with Crippen molar-refractivity contribution in [3.8, 4) is 0 Å². The first-order valence-corrected chi connectivity index (χ1v) is 14.7. The zero-order valence-electron chi connectivity index (χ0n) is 21.2. The number of nitrogens with zero attached hydrogens (tertiary/aromatic N) is 2. The molecule has 0 aromatic heterocycles. The highest BCUT2D eigenvalue weighted by atomic mass is 35.5. The minimum absolute atomic E-state index is 0.111. The molecule has 2 amide bonds. The van der Waals surface area contributed by atoms with Crippen LogP contribution in [0.1, 0.15) is 56.6 Å². The maximum absolute atomic E-state index is 13.4. The van der Waals surface area contributed by atoms with Crippen molar-refractivity contribution in [1.82, 2.24) is 10.2 Å². The lowest BCUT2D eigenvalue weighted by molar-refractivity contribution is -0.141. The molecule has 7 nitrogen and oxygen atoms in total. The standard InChI is InChI=1S/C27H36ClN3O4S/c1-20-13-15-25(16-14-20)31(36(3,34)35)17-7-12-26(32)30(19-22-8-6-9-23(28)18-22)21(2)27(33)29-24-10-4-5-11-24/h6,8-9,13-16,18,21,24H,4-5,7,10-12,17,19H2,1-3H3,(H,29,33). The van der Waals surface area contributed by atoms with E-state index in [4.69, 9.17) is 11.6 Å². The van der Waals surface area contributed by atoms with Gasteiger partial charge in [0.15, 0.2) is 0 Å². The number of amides is 2. The Morgan fingerprint density at radius 1 is 1.11 bits per heavy atom. The van der Waals surface area contributed by atoms with Gasteiger partial charge in [0.2, 0.25) is 21.8 Å². The van der Waals surface area contributed by atoms with E-state index in [2.05, 4.69) is 5.32 Å². The number of hydrogen-bond donors (Lipinski definition) is 1. The Kier molecular flexibility index (Phi) is 9.79. The lowest BCUT2D eigenvalue weighted by atomic mass is 10.1. The molecular weight excluding hydrogens is 498 g/mol. The molecule has 0 spiro atoms.